The lowest BCUT2D eigenvalue weighted by Gasteiger charge is -2.24. The molecule has 2 rings (SSSR count). The predicted molar refractivity (Wildman–Crippen MR) is 116 cm³/mol. The van der Waals surface area contributed by atoms with Crippen molar-refractivity contribution in [2.24, 2.45) is 5.92 Å². The molecular formula is C25H35NO. The number of benzene rings is 2. The van der Waals surface area contributed by atoms with Crippen LogP contribution < -0.4 is 5.48 Å². The molecule has 2 unspecified atom stereocenters. The zero-order valence-electron chi connectivity index (χ0n) is 17.1. The van der Waals surface area contributed by atoms with Crippen molar-refractivity contribution in [2.75, 3.05) is 0 Å². The molecule has 0 aliphatic rings. The maximum absolute atomic E-state index is 6.17. The van der Waals surface area contributed by atoms with Gasteiger partial charge >= 0.3 is 0 Å². The molecule has 0 aliphatic carbocycles. The van der Waals surface area contributed by atoms with Gasteiger partial charge in [-0.1, -0.05) is 100 Å². The fraction of sp³-hybridized carbons (Fsp3) is 0.440. The van der Waals surface area contributed by atoms with Crippen LogP contribution in [0, 0.1) is 5.92 Å². The second-order valence-electron chi connectivity index (χ2n) is 7.64. The maximum atomic E-state index is 6.17. The average Bonchev–Trinajstić information content (AvgIpc) is 2.69. The van der Waals surface area contributed by atoms with Gasteiger partial charge in [0.25, 0.3) is 0 Å². The minimum Gasteiger partial charge on any atom is -0.293 e. The highest BCUT2D eigenvalue weighted by atomic mass is 16.7. The van der Waals surface area contributed by atoms with Gasteiger partial charge < -0.3 is 0 Å². The number of rotatable bonds is 12. The summed E-state index contributed by atoms with van der Waals surface area (Å²) in [6, 6.07) is 21.4. The van der Waals surface area contributed by atoms with Crippen molar-refractivity contribution in [1.82, 2.24) is 5.48 Å². The van der Waals surface area contributed by atoms with E-state index in [-0.39, 0.29) is 6.10 Å². The Labute approximate surface area is 165 Å². The highest BCUT2D eigenvalue weighted by Gasteiger charge is 2.15. The first-order valence-corrected chi connectivity index (χ1v) is 10.4. The summed E-state index contributed by atoms with van der Waals surface area (Å²) in [6.45, 7) is 6.75. The molecule has 2 aromatic rings. The number of hydrogen-bond acceptors (Lipinski definition) is 2. The van der Waals surface area contributed by atoms with E-state index in [4.69, 9.17) is 4.84 Å². The molecular weight excluding hydrogens is 330 g/mol. The first kappa shape index (κ1) is 21.4. The minimum absolute atomic E-state index is 0.116. The van der Waals surface area contributed by atoms with Crippen molar-refractivity contribution in [3.63, 3.8) is 0 Å². The summed E-state index contributed by atoms with van der Waals surface area (Å²) in [7, 11) is 0. The molecule has 2 heteroatoms. The average molecular weight is 366 g/mol. The zero-order chi connectivity index (χ0) is 19.3. The summed E-state index contributed by atoms with van der Waals surface area (Å²) in [4.78, 5) is 6.17. The molecule has 0 amide bonds. The fourth-order valence-electron chi connectivity index (χ4n) is 3.28. The van der Waals surface area contributed by atoms with Crippen LogP contribution in [-0.2, 0) is 4.84 Å². The predicted octanol–water partition coefficient (Wildman–Crippen LogP) is 6.96. The summed E-state index contributed by atoms with van der Waals surface area (Å²) in [5, 5.41) is 0. The van der Waals surface area contributed by atoms with Gasteiger partial charge in [0.1, 0.15) is 6.10 Å². The van der Waals surface area contributed by atoms with E-state index in [9.17, 15) is 0 Å². The third kappa shape index (κ3) is 8.55. The Morgan fingerprint density at radius 1 is 0.926 bits per heavy atom. The summed E-state index contributed by atoms with van der Waals surface area (Å²) < 4.78 is 0. The lowest BCUT2D eigenvalue weighted by atomic mass is 10.00. The molecule has 0 spiro atoms. The Hall–Kier alpha value is -1.90. The lowest BCUT2D eigenvalue weighted by molar-refractivity contribution is -0.0542. The van der Waals surface area contributed by atoms with Crippen molar-refractivity contribution in [2.45, 2.75) is 65.0 Å². The quantitative estimate of drug-likeness (QED) is 0.411. The summed E-state index contributed by atoms with van der Waals surface area (Å²) >= 11 is 0. The highest BCUT2D eigenvalue weighted by Crippen LogP contribution is 2.22. The summed E-state index contributed by atoms with van der Waals surface area (Å²) in [5.74, 6) is 0.644. The van der Waals surface area contributed by atoms with Crippen molar-refractivity contribution < 1.29 is 4.84 Å². The van der Waals surface area contributed by atoms with E-state index in [1.807, 2.05) is 0 Å². The van der Waals surface area contributed by atoms with Crippen LogP contribution in [-0.4, -0.2) is 6.04 Å². The number of hydroxylamine groups is 1. The van der Waals surface area contributed by atoms with E-state index in [2.05, 4.69) is 99.1 Å². The molecule has 0 bridgehead atoms. The van der Waals surface area contributed by atoms with Gasteiger partial charge in [-0.3, -0.25) is 4.84 Å². The van der Waals surface area contributed by atoms with Crippen LogP contribution >= 0.6 is 0 Å². The largest absolute Gasteiger partial charge is 0.293 e. The number of nitrogens with one attached hydrogen (secondary N) is 1. The highest BCUT2D eigenvalue weighted by molar-refractivity contribution is 5.48. The van der Waals surface area contributed by atoms with Crippen molar-refractivity contribution >= 4 is 6.08 Å². The molecule has 0 saturated heterocycles. The van der Waals surface area contributed by atoms with E-state index in [0.717, 1.165) is 32.1 Å². The van der Waals surface area contributed by atoms with Gasteiger partial charge in [0.15, 0.2) is 0 Å². The van der Waals surface area contributed by atoms with E-state index in [1.54, 1.807) is 0 Å². The standard InChI is InChI=1S/C25H35NO/c1-4-13-25(23-17-9-6-10-18-23)27-26-24(20-21(2)3)19-12-11-16-22-14-7-5-8-15-22/h5-11,14-18,21,24-26H,4,12-13,19-20H2,1-3H3/b16-11+. The Balaban J connectivity index is 1.87. The smallest absolute Gasteiger partial charge is 0.104 e. The van der Waals surface area contributed by atoms with Crippen LogP contribution in [0.15, 0.2) is 66.7 Å². The van der Waals surface area contributed by atoms with E-state index in [0.29, 0.717) is 12.0 Å². The van der Waals surface area contributed by atoms with Gasteiger partial charge in [-0.05, 0) is 42.7 Å². The molecule has 146 valence electrons. The van der Waals surface area contributed by atoms with Crippen LogP contribution in [0.2, 0.25) is 0 Å². The second-order valence-corrected chi connectivity index (χ2v) is 7.64. The molecule has 0 radical (unpaired) electrons. The van der Waals surface area contributed by atoms with Gasteiger partial charge in [0.05, 0.1) is 0 Å². The van der Waals surface area contributed by atoms with Crippen LogP contribution in [0.4, 0.5) is 0 Å². The van der Waals surface area contributed by atoms with E-state index >= 15 is 0 Å². The molecule has 0 saturated carbocycles. The van der Waals surface area contributed by atoms with Gasteiger partial charge in [0.2, 0.25) is 0 Å². The van der Waals surface area contributed by atoms with Crippen LogP contribution in [0.1, 0.15) is 70.1 Å². The summed E-state index contributed by atoms with van der Waals surface area (Å²) in [5.41, 5.74) is 5.91. The first-order chi connectivity index (χ1) is 13.2. The minimum atomic E-state index is 0.116. The second kappa shape index (κ2) is 12.5. The lowest BCUT2D eigenvalue weighted by Crippen LogP contribution is -2.32. The van der Waals surface area contributed by atoms with Crippen molar-refractivity contribution in [3.05, 3.63) is 77.9 Å². The molecule has 1 N–H and O–H groups in total. The number of hydrogen-bond donors (Lipinski definition) is 1. The van der Waals surface area contributed by atoms with E-state index in [1.165, 1.54) is 11.1 Å². The molecule has 0 aromatic heterocycles. The number of allylic oxidation sites excluding steroid dienone is 1. The Morgan fingerprint density at radius 2 is 1.59 bits per heavy atom. The monoisotopic (exact) mass is 365 g/mol. The Kier molecular flexibility index (Phi) is 9.89. The van der Waals surface area contributed by atoms with Crippen LogP contribution in [0.25, 0.3) is 6.08 Å². The zero-order valence-corrected chi connectivity index (χ0v) is 17.1. The SMILES string of the molecule is CCCC(ONC(CC/C=C/c1ccccc1)CC(C)C)c1ccccc1. The molecule has 2 nitrogen and oxygen atoms in total. The van der Waals surface area contributed by atoms with Crippen LogP contribution in [0.3, 0.4) is 0 Å². The first-order valence-electron chi connectivity index (χ1n) is 10.4. The molecule has 2 atom stereocenters. The van der Waals surface area contributed by atoms with Gasteiger partial charge in [-0.15, -0.1) is 0 Å². The molecule has 2 aromatic carbocycles. The fourth-order valence-corrected chi connectivity index (χ4v) is 3.28. The normalized spacial score (nSPS) is 13.9. The molecule has 0 fully saturated rings. The summed E-state index contributed by atoms with van der Waals surface area (Å²) in [6.07, 6.45) is 9.97. The maximum Gasteiger partial charge on any atom is 0.104 e. The molecule has 27 heavy (non-hydrogen) atoms. The van der Waals surface area contributed by atoms with Crippen molar-refractivity contribution in [3.8, 4) is 0 Å². The van der Waals surface area contributed by atoms with Crippen LogP contribution in [0.5, 0.6) is 0 Å². The third-order valence-corrected chi connectivity index (χ3v) is 4.65. The van der Waals surface area contributed by atoms with E-state index < -0.39 is 0 Å². The van der Waals surface area contributed by atoms with Gasteiger partial charge in [0, 0.05) is 6.04 Å². The third-order valence-electron chi connectivity index (χ3n) is 4.65. The van der Waals surface area contributed by atoms with Gasteiger partial charge in [-0.2, -0.15) is 5.48 Å². The molecule has 0 heterocycles. The Morgan fingerprint density at radius 3 is 2.22 bits per heavy atom. The Bertz CT molecular complexity index is 636. The topological polar surface area (TPSA) is 21.3 Å². The van der Waals surface area contributed by atoms with Crippen molar-refractivity contribution in [1.29, 1.82) is 0 Å². The van der Waals surface area contributed by atoms with Gasteiger partial charge in [-0.25, -0.2) is 0 Å². The molecule has 0 aliphatic heterocycles.